The highest BCUT2D eigenvalue weighted by atomic mass is 35.5. The maximum atomic E-state index is 5.84. The Morgan fingerprint density at radius 1 is 1.75 bits per heavy atom. The highest BCUT2D eigenvalue weighted by Crippen LogP contribution is 2.13. The fraction of sp³-hybridized carbons (Fsp3) is 0.714. The zero-order chi connectivity index (χ0) is 8.39. The summed E-state index contributed by atoms with van der Waals surface area (Å²) in [5.41, 5.74) is 0. The van der Waals surface area contributed by atoms with Gasteiger partial charge in [-0.3, -0.25) is 0 Å². The van der Waals surface area contributed by atoms with E-state index in [-0.39, 0.29) is 0 Å². The summed E-state index contributed by atoms with van der Waals surface area (Å²) in [5.74, 6) is 0.657. The van der Waals surface area contributed by atoms with Gasteiger partial charge in [-0.15, -0.1) is 5.10 Å². The first-order chi connectivity index (χ1) is 5.86. The van der Waals surface area contributed by atoms with E-state index in [4.69, 9.17) is 11.6 Å². The van der Waals surface area contributed by atoms with Crippen molar-refractivity contribution in [3.63, 3.8) is 0 Å². The number of hydrogen-bond acceptors (Lipinski definition) is 3. The Morgan fingerprint density at radius 3 is 3.25 bits per heavy atom. The molecule has 0 amide bonds. The van der Waals surface area contributed by atoms with Gasteiger partial charge in [0.1, 0.15) is 5.15 Å². The molecule has 1 saturated heterocycles. The Labute approximate surface area is 75.9 Å². The summed E-state index contributed by atoms with van der Waals surface area (Å²) in [5, 5.41) is 11.5. The van der Waals surface area contributed by atoms with Crippen LogP contribution in [-0.4, -0.2) is 28.1 Å². The van der Waals surface area contributed by atoms with Gasteiger partial charge in [0.25, 0.3) is 0 Å². The molecule has 0 bridgehead atoms. The Hall–Kier alpha value is -0.610. The zero-order valence-electron chi connectivity index (χ0n) is 6.70. The van der Waals surface area contributed by atoms with E-state index in [1.54, 1.807) is 10.9 Å². The molecule has 0 aromatic carbocycles. The van der Waals surface area contributed by atoms with Gasteiger partial charge >= 0.3 is 0 Å². The van der Waals surface area contributed by atoms with E-state index in [9.17, 15) is 0 Å². The molecule has 1 aliphatic heterocycles. The molecule has 0 radical (unpaired) electrons. The number of nitrogens with zero attached hydrogens (tertiary/aromatic N) is 3. The van der Waals surface area contributed by atoms with Crippen LogP contribution in [0.15, 0.2) is 6.20 Å². The number of nitrogens with one attached hydrogen (secondary N) is 1. The van der Waals surface area contributed by atoms with Crippen molar-refractivity contribution in [2.24, 2.45) is 5.92 Å². The molecule has 12 heavy (non-hydrogen) atoms. The van der Waals surface area contributed by atoms with Gasteiger partial charge in [-0.05, 0) is 25.4 Å². The Morgan fingerprint density at radius 2 is 2.67 bits per heavy atom. The van der Waals surface area contributed by atoms with Gasteiger partial charge in [-0.25, -0.2) is 4.68 Å². The maximum Gasteiger partial charge on any atom is 0.147 e. The van der Waals surface area contributed by atoms with Crippen LogP contribution >= 0.6 is 11.6 Å². The van der Waals surface area contributed by atoms with E-state index in [0.29, 0.717) is 11.1 Å². The van der Waals surface area contributed by atoms with Crippen molar-refractivity contribution < 1.29 is 0 Å². The van der Waals surface area contributed by atoms with Crippen LogP contribution in [0.4, 0.5) is 0 Å². The molecule has 2 rings (SSSR count). The number of aromatic nitrogens is 3. The first-order valence-electron chi connectivity index (χ1n) is 4.11. The summed E-state index contributed by atoms with van der Waals surface area (Å²) in [6.45, 7) is 3.05. The third-order valence-electron chi connectivity index (χ3n) is 2.16. The van der Waals surface area contributed by atoms with Crippen LogP contribution in [0.1, 0.15) is 6.42 Å². The molecule has 4 nitrogen and oxygen atoms in total. The Bertz CT molecular complexity index is 254. The SMILES string of the molecule is Clc1cnnn1CC1CCNC1. The van der Waals surface area contributed by atoms with Crippen LogP contribution in [0.5, 0.6) is 0 Å². The molecule has 66 valence electrons. The van der Waals surface area contributed by atoms with Crippen LogP contribution in [0.3, 0.4) is 0 Å². The van der Waals surface area contributed by atoms with E-state index < -0.39 is 0 Å². The Kier molecular flexibility index (Phi) is 2.28. The fourth-order valence-electron chi connectivity index (χ4n) is 1.48. The van der Waals surface area contributed by atoms with E-state index in [2.05, 4.69) is 15.6 Å². The molecule has 1 aromatic rings. The molecule has 1 fully saturated rings. The van der Waals surface area contributed by atoms with Gasteiger partial charge in [0.2, 0.25) is 0 Å². The molecule has 2 heterocycles. The first-order valence-corrected chi connectivity index (χ1v) is 4.49. The highest BCUT2D eigenvalue weighted by Gasteiger charge is 2.16. The summed E-state index contributed by atoms with van der Waals surface area (Å²) >= 11 is 5.84. The normalized spacial score (nSPS) is 23.2. The lowest BCUT2D eigenvalue weighted by Crippen LogP contribution is -2.15. The second-order valence-corrected chi connectivity index (χ2v) is 3.48. The quantitative estimate of drug-likeness (QED) is 0.733. The fourth-order valence-corrected chi connectivity index (χ4v) is 1.63. The van der Waals surface area contributed by atoms with Gasteiger partial charge in [0, 0.05) is 6.54 Å². The number of hydrogen-bond donors (Lipinski definition) is 1. The zero-order valence-corrected chi connectivity index (χ0v) is 7.46. The summed E-state index contributed by atoms with van der Waals surface area (Å²) in [4.78, 5) is 0. The summed E-state index contributed by atoms with van der Waals surface area (Å²) in [7, 11) is 0. The van der Waals surface area contributed by atoms with E-state index in [1.165, 1.54) is 6.42 Å². The van der Waals surface area contributed by atoms with Gasteiger partial charge in [-0.2, -0.15) is 0 Å². The highest BCUT2D eigenvalue weighted by molar-refractivity contribution is 6.29. The molecular weight excluding hydrogens is 176 g/mol. The van der Waals surface area contributed by atoms with Crippen LogP contribution < -0.4 is 5.32 Å². The molecule has 1 aliphatic rings. The maximum absolute atomic E-state index is 5.84. The molecule has 1 aromatic heterocycles. The average molecular weight is 187 g/mol. The standard InChI is InChI=1S/C7H11ClN4/c8-7-4-10-11-12(7)5-6-1-2-9-3-6/h4,6,9H,1-3,5H2. The van der Waals surface area contributed by atoms with Crippen LogP contribution in [0.25, 0.3) is 0 Å². The minimum absolute atomic E-state index is 0.627. The van der Waals surface area contributed by atoms with Crippen molar-refractivity contribution in [3.05, 3.63) is 11.3 Å². The van der Waals surface area contributed by atoms with Gasteiger partial charge < -0.3 is 5.32 Å². The third-order valence-corrected chi connectivity index (χ3v) is 2.46. The van der Waals surface area contributed by atoms with Crippen LogP contribution in [0.2, 0.25) is 5.15 Å². The summed E-state index contributed by atoms with van der Waals surface area (Å²) in [6, 6.07) is 0. The largest absolute Gasteiger partial charge is 0.316 e. The molecular formula is C7H11ClN4. The second kappa shape index (κ2) is 3.41. The van der Waals surface area contributed by atoms with Gasteiger partial charge in [-0.1, -0.05) is 16.8 Å². The van der Waals surface area contributed by atoms with Crippen molar-refractivity contribution in [1.82, 2.24) is 20.3 Å². The molecule has 1 unspecified atom stereocenters. The summed E-state index contributed by atoms with van der Waals surface area (Å²) in [6.07, 6.45) is 2.78. The molecule has 0 saturated carbocycles. The average Bonchev–Trinajstić information content (AvgIpc) is 2.65. The first kappa shape index (κ1) is 8.01. The predicted molar refractivity (Wildman–Crippen MR) is 46.0 cm³/mol. The Balaban J connectivity index is 1.98. The lowest BCUT2D eigenvalue weighted by atomic mass is 10.1. The van der Waals surface area contributed by atoms with E-state index >= 15 is 0 Å². The van der Waals surface area contributed by atoms with Gasteiger partial charge in [0.05, 0.1) is 6.20 Å². The van der Waals surface area contributed by atoms with E-state index in [0.717, 1.165) is 19.6 Å². The molecule has 5 heteroatoms. The lowest BCUT2D eigenvalue weighted by molar-refractivity contribution is 0.441. The molecule has 0 spiro atoms. The van der Waals surface area contributed by atoms with Crippen LogP contribution in [-0.2, 0) is 6.54 Å². The van der Waals surface area contributed by atoms with E-state index in [1.807, 2.05) is 0 Å². The molecule has 1 N–H and O–H groups in total. The number of rotatable bonds is 2. The van der Waals surface area contributed by atoms with Crippen molar-refractivity contribution >= 4 is 11.6 Å². The minimum atomic E-state index is 0.627. The monoisotopic (exact) mass is 186 g/mol. The number of halogens is 1. The molecule has 1 atom stereocenters. The van der Waals surface area contributed by atoms with Crippen molar-refractivity contribution in [2.75, 3.05) is 13.1 Å². The van der Waals surface area contributed by atoms with Crippen molar-refractivity contribution in [1.29, 1.82) is 0 Å². The van der Waals surface area contributed by atoms with Gasteiger partial charge in [0.15, 0.2) is 0 Å². The van der Waals surface area contributed by atoms with Crippen LogP contribution in [0, 0.1) is 5.92 Å². The minimum Gasteiger partial charge on any atom is -0.316 e. The van der Waals surface area contributed by atoms with Crippen molar-refractivity contribution in [2.45, 2.75) is 13.0 Å². The predicted octanol–water partition coefficient (Wildman–Crippen LogP) is 0.541. The topological polar surface area (TPSA) is 42.7 Å². The second-order valence-electron chi connectivity index (χ2n) is 3.10. The molecule has 0 aliphatic carbocycles. The smallest absolute Gasteiger partial charge is 0.147 e. The third kappa shape index (κ3) is 1.59. The summed E-state index contributed by atoms with van der Waals surface area (Å²) < 4.78 is 1.75. The lowest BCUT2D eigenvalue weighted by Gasteiger charge is -2.07. The van der Waals surface area contributed by atoms with Crippen molar-refractivity contribution in [3.8, 4) is 0 Å².